The molecular formula is C7H13O6P. The molecule has 3 atom stereocenters. The van der Waals surface area contributed by atoms with Gasteiger partial charge in [0, 0.05) is 12.3 Å². The van der Waals surface area contributed by atoms with Gasteiger partial charge in [-0.1, -0.05) is 6.08 Å². The van der Waals surface area contributed by atoms with Gasteiger partial charge in [0.15, 0.2) is 6.29 Å². The van der Waals surface area contributed by atoms with E-state index in [4.69, 9.17) is 19.6 Å². The van der Waals surface area contributed by atoms with Crippen molar-refractivity contribution in [2.24, 2.45) is 5.92 Å². The molecule has 3 unspecified atom stereocenters. The summed E-state index contributed by atoms with van der Waals surface area (Å²) in [4.78, 5) is 16.9. The van der Waals surface area contributed by atoms with Gasteiger partial charge in [0.05, 0.1) is 12.7 Å². The van der Waals surface area contributed by atoms with Crippen molar-refractivity contribution in [2.75, 3.05) is 6.61 Å². The molecule has 1 aliphatic rings. The first kappa shape index (κ1) is 11.8. The summed E-state index contributed by atoms with van der Waals surface area (Å²) in [6, 6.07) is 0. The molecular weight excluding hydrogens is 211 g/mol. The highest BCUT2D eigenvalue weighted by Crippen LogP contribution is 2.37. The molecule has 1 heterocycles. The molecule has 0 saturated carbocycles. The molecule has 1 fully saturated rings. The zero-order valence-corrected chi connectivity index (χ0v) is 8.34. The third-order valence-electron chi connectivity index (χ3n) is 1.99. The third kappa shape index (κ3) is 3.49. The minimum Gasteiger partial charge on any atom is -0.368 e. The minimum absolute atomic E-state index is 0.142. The van der Waals surface area contributed by atoms with Crippen LogP contribution in [0.4, 0.5) is 0 Å². The summed E-state index contributed by atoms with van der Waals surface area (Å²) in [5, 5.41) is 9.11. The van der Waals surface area contributed by atoms with Crippen molar-refractivity contribution in [1.29, 1.82) is 0 Å². The second-order valence-corrected chi connectivity index (χ2v) is 4.29. The van der Waals surface area contributed by atoms with Crippen LogP contribution in [0.3, 0.4) is 0 Å². The van der Waals surface area contributed by atoms with Crippen molar-refractivity contribution in [3.63, 3.8) is 0 Å². The highest BCUT2D eigenvalue weighted by atomic mass is 31.2. The Hall–Kier alpha value is -0.230. The maximum Gasteiger partial charge on any atom is 0.469 e. The molecule has 82 valence electrons. The first-order valence-corrected chi connectivity index (χ1v) is 5.61. The maximum absolute atomic E-state index is 10.4. The quantitative estimate of drug-likeness (QED) is 0.459. The number of rotatable bonds is 4. The first-order chi connectivity index (χ1) is 6.42. The molecule has 1 saturated heterocycles. The van der Waals surface area contributed by atoms with Gasteiger partial charge in [-0.25, -0.2) is 4.57 Å². The first-order valence-electron chi connectivity index (χ1n) is 4.08. The van der Waals surface area contributed by atoms with E-state index >= 15 is 0 Å². The molecule has 0 amide bonds. The van der Waals surface area contributed by atoms with Crippen LogP contribution >= 0.6 is 7.82 Å². The molecule has 3 N–H and O–H groups in total. The van der Waals surface area contributed by atoms with Gasteiger partial charge in [-0.15, -0.1) is 6.58 Å². The van der Waals surface area contributed by atoms with E-state index in [1.165, 1.54) is 0 Å². The fourth-order valence-electron chi connectivity index (χ4n) is 1.32. The van der Waals surface area contributed by atoms with E-state index in [1.807, 2.05) is 0 Å². The summed E-state index contributed by atoms with van der Waals surface area (Å²) in [6.07, 6.45) is 0.487. The van der Waals surface area contributed by atoms with Crippen LogP contribution in [0.1, 0.15) is 6.42 Å². The van der Waals surface area contributed by atoms with Gasteiger partial charge in [0.2, 0.25) is 0 Å². The second kappa shape index (κ2) is 4.53. The van der Waals surface area contributed by atoms with Crippen molar-refractivity contribution in [2.45, 2.75) is 18.8 Å². The average Bonchev–Trinajstić information content (AvgIpc) is 2.41. The molecule has 1 aliphatic heterocycles. The average molecular weight is 224 g/mol. The van der Waals surface area contributed by atoms with E-state index in [0.29, 0.717) is 6.42 Å². The molecule has 14 heavy (non-hydrogen) atoms. The van der Waals surface area contributed by atoms with Crippen LogP contribution in [0.2, 0.25) is 0 Å². The molecule has 6 nitrogen and oxygen atoms in total. The SMILES string of the molecule is C=CC1CC(O)OC1COP(=O)(O)O. The zero-order valence-electron chi connectivity index (χ0n) is 7.44. The highest BCUT2D eigenvalue weighted by molar-refractivity contribution is 7.46. The Morgan fingerprint density at radius 3 is 2.79 bits per heavy atom. The van der Waals surface area contributed by atoms with Crippen LogP contribution in [0.5, 0.6) is 0 Å². The monoisotopic (exact) mass is 224 g/mol. The lowest BCUT2D eigenvalue weighted by Gasteiger charge is -2.15. The summed E-state index contributed by atoms with van der Waals surface area (Å²) in [5.74, 6) is -0.142. The number of hydrogen-bond donors (Lipinski definition) is 3. The van der Waals surface area contributed by atoms with E-state index in [-0.39, 0.29) is 12.5 Å². The second-order valence-electron chi connectivity index (χ2n) is 3.05. The summed E-state index contributed by atoms with van der Waals surface area (Å²) in [6.45, 7) is 3.28. The van der Waals surface area contributed by atoms with Crippen LogP contribution in [0, 0.1) is 5.92 Å². The van der Waals surface area contributed by atoms with Crippen LogP contribution in [0.25, 0.3) is 0 Å². The summed E-state index contributed by atoms with van der Waals surface area (Å²) >= 11 is 0. The number of aliphatic hydroxyl groups is 1. The number of ether oxygens (including phenoxy) is 1. The largest absolute Gasteiger partial charge is 0.469 e. The van der Waals surface area contributed by atoms with Crippen molar-refractivity contribution in [3.05, 3.63) is 12.7 Å². The molecule has 1 rings (SSSR count). The minimum atomic E-state index is -4.47. The van der Waals surface area contributed by atoms with Crippen LogP contribution in [0.15, 0.2) is 12.7 Å². The Morgan fingerprint density at radius 2 is 2.29 bits per heavy atom. The lowest BCUT2D eigenvalue weighted by atomic mass is 10.0. The fraction of sp³-hybridized carbons (Fsp3) is 0.714. The summed E-state index contributed by atoms with van der Waals surface area (Å²) in [5.41, 5.74) is 0. The standard InChI is InChI=1S/C7H13O6P/c1-2-5-3-7(8)13-6(5)4-12-14(9,10)11/h2,5-8H,1,3-4H2,(H2,9,10,11). The van der Waals surface area contributed by atoms with Crippen LogP contribution in [-0.4, -0.2) is 33.9 Å². The van der Waals surface area contributed by atoms with Crippen molar-refractivity contribution in [1.82, 2.24) is 0 Å². The molecule has 0 aromatic heterocycles. The molecule has 0 aromatic carbocycles. The van der Waals surface area contributed by atoms with E-state index < -0.39 is 20.2 Å². The van der Waals surface area contributed by atoms with Crippen molar-refractivity contribution < 1.29 is 28.7 Å². The van der Waals surface area contributed by atoms with Gasteiger partial charge in [-0.3, -0.25) is 4.52 Å². The van der Waals surface area contributed by atoms with E-state index in [2.05, 4.69) is 11.1 Å². The van der Waals surface area contributed by atoms with Gasteiger partial charge in [-0.2, -0.15) is 0 Å². The van der Waals surface area contributed by atoms with Gasteiger partial charge >= 0.3 is 7.82 Å². The molecule has 0 aliphatic carbocycles. The lowest BCUT2D eigenvalue weighted by molar-refractivity contribution is -0.102. The molecule has 0 spiro atoms. The summed E-state index contributed by atoms with van der Waals surface area (Å²) < 4.78 is 19.6. The van der Waals surface area contributed by atoms with Gasteiger partial charge in [0.25, 0.3) is 0 Å². The maximum atomic E-state index is 10.4. The topological polar surface area (TPSA) is 96.2 Å². The fourth-order valence-corrected chi connectivity index (χ4v) is 1.67. The van der Waals surface area contributed by atoms with Crippen LogP contribution in [-0.2, 0) is 13.8 Å². The van der Waals surface area contributed by atoms with E-state index in [1.54, 1.807) is 6.08 Å². The predicted molar refractivity (Wildman–Crippen MR) is 47.2 cm³/mol. The third-order valence-corrected chi connectivity index (χ3v) is 2.48. The molecule has 0 bridgehead atoms. The van der Waals surface area contributed by atoms with E-state index in [9.17, 15) is 4.57 Å². The lowest BCUT2D eigenvalue weighted by Crippen LogP contribution is -2.21. The Labute approximate surface area is 81.4 Å². The number of hydrogen-bond acceptors (Lipinski definition) is 4. The van der Waals surface area contributed by atoms with Gasteiger partial charge < -0.3 is 19.6 Å². The summed E-state index contributed by atoms with van der Waals surface area (Å²) in [7, 11) is -4.47. The number of phosphoric ester groups is 1. The van der Waals surface area contributed by atoms with Crippen molar-refractivity contribution >= 4 is 7.82 Å². The molecule has 0 aromatic rings. The predicted octanol–water partition coefficient (Wildman–Crippen LogP) is 0.00520. The van der Waals surface area contributed by atoms with Crippen molar-refractivity contribution in [3.8, 4) is 0 Å². The molecule has 7 heteroatoms. The molecule has 0 radical (unpaired) electrons. The Balaban J connectivity index is 2.44. The highest BCUT2D eigenvalue weighted by Gasteiger charge is 2.33. The van der Waals surface area contributed by atoms with Crippen LogP contribution < -0.4 is 0 Å². The Kier molecular flexibility index (Phi) is 3.83. The normalized spacial score (nSPS) is 33.2. The Bertz CT molecular complexity index is 249. The zero-order chi connectivity index (χ0) is 10.8. The number of phosphoric acid groups is 1. The van der Waals surface area contributed by atoms with Gasteiger partial charge in [0.1, 0.15) is 0 Å². The van der Waals surface area contributed by atoms with Gasteiger partial charge in [-0.05, 0) is 0 Å². The number of aliphatic hydroxyl groups excluding tert-OH is 1. The smallest absolute Gasteiger partial charge is 0.368 e. The Morgan fingerprint density at radius 1 is 1.64 bits per heavy atom. The van der Waals surface area contributed by atoms with E-state index in [0.717, 1.165) is 0 Å².